The predicted octanol–water partition coefficient (Wildman–Crippen LogP) is 2.13. The molecule has 1 aromatic rings. The highest BCUT2D eigenvalue weighted by Crippen LogP contribution is 2.14. The van der Waals surface area contributed by atoms with E-state index in [0.717, 1.165) is 17.8 Å². The third-order valence-corrected chi connectivity index (χ3v) is 3.64. The van der Waals surface area contributed by atoms with Gasteiger partial charge in [0.05, 0.1) is 6.54 Å². The van der Waals surface area contributed by atoms with E-state index in [1.54, 1.807) is 0 Å². The predicted molar refractivity (Wildman–Crippen MR) is 84.7 cm³/mol. The number of nitrogens with zero attached hydrogens (tertiary/aromatic N) is 1. The Balaban J connectivity index is 2.64. The average Bonchev–Trinajstić information content (AvgIpc) is 2.44. The normalized spacial score (nSPS) is 12.3. The molecular weight excluding hydrogens is 250 g/mol. The molecule has 0 heterocycles. The number of likely N-dealkylation sites (N-methyl/N-ethyl adjacent to an activating group) is 1. The highest BCUT2D eigenvalue weighted by molar-refractivity contribution is 5.81. The number of rotatable bonds is 7. The lowest BCUT2D eigenvalue weighted by molar-refractivity contribution is -0.120. The number of nitrogens with two attached hydrogens (primary N) is 1. The fourth-order valence-corrected chi connectivity index (χ4v) is 1.87. The summed E-state index contributed by atoms with van der Waals surface area (Å²) in [6.45, 7) is 10.0. The van der Waals surface area contributed by atoms with Gasteiger partial charge in [0.2, 0.25) is 5.91 Å². The molecule has 3 N–H and O–H groups in total. The van der Waals surface area contributed by atoms with Gasteiger partial charge in [-0.15, -0.1) is 0 Å². The Morgan fingerprint density at radius 1 is 1.25 bits per heavy atom. The van der Waals surface area contributed by atoms with Crippen LogP contribution < -0.4 is 16.0 Å². The second kappa shape index (κ2) is 7.90. The van der Waals surface area contributed by atoms with Crippen molar-refractivity contribution in [2.75, 3.05) is 18.0 Å². The number of anilines is 1. The third kappa shape index (κ3) is 4.85. The average molecular weight is 277 g/mol. The first-order valence-corrected chi connectivity index (χ1v) is 7.31. The summed E-state index contributed by atoms with van der Waals surface area (Å²) < 4.78 is 0. The van der Waals surface area contributed by atoms with E-state index in [-0.39, 0.29) is 11.9 Å². The highest BCUT2D eigenvalue weighted by Gasteiger charge is 2.14. The largest absolute Gasteiger partial charge is 0.363 e. The van der Waals surface area contributed by atoms with Gasteiger partial charge >= 0.3 is 0 Å². The van der Waals surface area contributed by atoms with Gasteiger partial charge in [-0.3, -0.25) is 4.79 Å². The maximum absolute atomic E-state index is 12.1. The van der Waals surface area contributed by atoms with Crippen LogP contribution in [0.3, 0.4) is 0 Å². The maximum atomic E-state index is 12.1. The lowest BCUT2D eigenvalue weighted by Crippen LogP contribution is -2.43. The number of benzene rings is 1. The molecule has 0 bridgehead atoms. The molecule has 4 heteroatoms. The Morgan fingerprint density at radius 2 is 1.85 bits per heavy atom. The van der Waals surface area contributed by atoms with Crippen molar-refractivity contribution in [3.05, 3.63) is 29.8 Å². The zero-order valence-corrected chi connectivity index (χ0v) is 13.0. The third-order valence-electron chi connectivity index (χ3n) is 3.64. The Kier molecular flexibility index (Phi) is 6.52. The molecule has 0 radical (unpaired) electrons. The molecule has 112 valence electrons. The van der Waals surface area contributed by atoms with Crippen molar-refractivity contribution in [1.29, 1.82) is 0 Å². The minimum absolute atomic E-state index is 0.0657. The second-order valence-electron chi connectivity index (χ2n) is 5.48. The summed E-state index contributed by atoms with van der Waals surface area (Å²) in [5.41, 5.74) is 7.75. The van der Waals surface area contributed by atoms with Crippen LogP contribution in [0.1, 0.15) is 33.3 Å². The van der Waals surface area contributed by atoms with Crippen LogP contribution in [-0.4, -0.2) is 25.0 Å². The molecule has 0 aromatic heterocycles. The first kappa shape index (κ1) is 16.5. The molecular formula is C16H27N3O. The van der Waals surface area contributed by atoms with Gasteiger partial charge in [-0.05, 0) is 37.5 Å². The van der Waals surface area contributed by atoms with Crippen molar-refractivity contribution < 1.29 is 4.79 Å². The molecule has 0 saturated carbocycles. The van der Waals surface area contributed by atoms with Crippen LogP contribution in [-0.2, 0) is 11.3 Å². The molecule has 4 nitrogen and oxygen atoms in total. The molecule has 0 saturated heterocycles. The molecule has 1 unspecified atom stereocenters. The van der Waals surface area contributed by atoms with Gasteiger partial charge < -0.3 is 16.0 Å². The molecule has 0 aliphatic rings. The van der Waals surface area contributed by atoms with Crippen LogP contribution in [0.15, 0.2) is 24.3 Å². The van der Waals surface area contributed by atoms with Gasteiger partial charge in [0.15, 0.2) is 0 Å². The number of hydrogen-bond donors (Lipinski definition) is 2. The standard InChI is InChI=1S/C16H27N3O/c1-5-19(11-16(20)18-13(4)12(2)3)15-8-6-14(10-17)7-9-15/h6-9,12-13H,5,10-11,17H2,1-4H3,(H,18,20). The molecule has 0 aliphatic heterocycles. The van der Waals surface area contributed by atoms with Crippen LogP contribution in [0.25, 0.3) is 0 Å². The Morgan fingerprint density at radius 3 is 2.30 bits per heavy atom. The van der Waals surface area contributed by atoms with Gasteiger partial charge in [0.1, 0.15) is 0 Å². The van der Waals surface area contributed by atoms with E-state index in [9.17, 15) is 4.79 Å². The molecule has 1 rings (SSSR count). The Bertz CT molecular complexity index is 414. The fourth-order valence-electron chi connectivity index (χ4n) is 1.87. The first-order chi connectivity index (χ1) is 9.47. The summed E-state index contributed by atoms with van der Waals surface area (Å²) in [6, 6.07) is 8.25. The van der Waals surface area contributed by atoms with Crippen molar-refractivity contribution in [2.24, 2.45) is 11.7 Å². The fraction of sp³-hybridized carbons (Fsp3) is 0.562. The van der Waals surface area contributed by atoms with Crippen LogP contribution in [0, 0.1) is 5.92 Å². The van der Waals surface area contributed by atoms with Crippen molar-refractivity contribution >= 4 is 11.6 Å². The molecule has 0 aliphatic carbocycles. The van der Waals surface area contributed by atoms with Gasteiger partial charge in [0.25, 0.3) is 0 Å². The Hall–Kier alpha value is -1.55. The summed E-state index contributed by atoms with van der Waals surface area (Å²) in [7, 11) is 0. The van der Waals surface area contributed by atoms with E-state index in [1.807, 2.05) is 31.2 Å². The van der Waals surface area contributed by atoms with Crippen molar-refractivity contribution in [2.45, 2.75) is 40.3 Å². The summed E-state index contributed by atoms with van der Waals surface area (Å²) in [4.78, 5) is 14.1. The smallest absolute Gasteiger partial charge is 0.239 e. The number of carbonyl (C=O) groups is 1. The number of nitrogens with one attached hydrogen (secondary N) is 1. The van der Waals surface area contributed by atoms with E-state index >= 15 is 0 Å². The highest BCUT2D eigenvalue weighted by atomic mass is 16.2. The van der Waals surface area contributed by atoms with E-state index in [2.05, 4.69) is 31.0 Å². The van der Waals surface area contributed by atoms with Crippen LogP contribution in [0.2, 0.25) is 0 Å². The van der Waals surface area contributed by atoms with E-state index in [4.69, 9.17) is 5.73 Å². The summed E-state index contributed by atoms with van der Waals surface area (Å²) in [5.74, 6) is 0.508. The van der Waals surface area contributed by atoms with Crippen LogP contribution >= 0.6 is 0 Å². The zero-order chi connectivity index (χ0) is 15.1. The quantitative estimate of drug-likeness (QED) is 0.802. The minimum Gasteiger partial charge on any atom is -0.363 e. The Labute approximate surface area is 122 Å². The van der Waals surface area contributed by atoms with E-state index < -0.39 is 0 Å². The summed E-state index contributed by atoms with van der Waals surface area (Å²) >= 11 is 0. The van der Waals surface area contributed by atoms with E-state index in [0.29, 0.717) is 19.0 Å². The number of hydrogen-bond acceptors (Lipinski definition) is 3. The van der Waals surface area contributed by atoms with Crippen molar-refractivity contribution in [3.8, 4) is 0 Å². The SMILES string of the molecule is CCN(CC(=O)NC(C)C(C)C)c1ccc(CN)cc1. The van der Waals surface area contributed by atoms with Gasteiger partial charge in [0, 0.05) is 24.8 Å². The molecule has 0 spiro atoms. The van der Waals surface area contributed by atoms with Crippen molar-refractivity contribution in [3.63, 3.8) is 0 Å². The second-order valence-corrected chi connectivity index (χ2v) is 5.48. The van der Waals surface area contributed by atoms with E-state index in [1.165, 1.54) is 0 Å². The molecule has 0 fully saturated rings. The van der Waals surface area contributed by atoms with Crippen LogP contribution in [0.4, 0.5) is 5.69 Å². The molecule has 1 atom stereocenters. The number of carbonyl (C=O) groups excluding carboxylic acids is 1. The maximum Gasteiger partial charge on any atom is 0.239 e. The molecule has 20 heavy (non-hydrogen) atoms. The molecule has 1 amide bonds. The first-order valence-electron chi connectivity index (χ1n) is 7.31. The monoisotopic (exact) mass is 277 g/mol. The zero-order valence-electron chi connectivity index (χ0n) is 13.0. The topological polar surface area (TPSA) is 58.4 Å². The summed E-state index contributed by atoms with van der Waals surface area (Å²) in [5, 5.41) is 3.04. The summed E-state index contributed by atoms with van der Waals surface area (Å²) in [6.07, 6.45) is 0. The van der Waals surface area contributed by atoms with Crippen LogP contribution in [0.5, 0.6) is 0 Å². The number of amides is 1. The van der Waals surface area contributed by atoms with Gasteiger partial charge in [-0.25, -0.2) is 0 Å². The van der Waals surface area contributed by atoms with Gasteiger partial charge in [-0.2, -0.15) is 0 Å². The molecule has 1 aromatic carbocycles. The van der Waals surface area contributed by atoms with Gasteiger partial charge in [-0.1, -0.05) is 26.0 Å². The lowest BCUT2D eigenvalue weighted by atomic mass is 10.1. The minimum atomic E-state index is 0.0657. The lowest BCUT2D eigenvalue weighted by Gasteiger charge is -2.25. The van der Waals surface area contributed by atoms with Crippen molar-refractivity contribution in [1.82, 2.24) is 5.32 Å².